The molecule has 14 heavy (non-hydrogen) atoms. The lowest BCUT2D eigenvalue weighted by Crippen LogP contribution is -1.95. The molecule has 1 N–H and O–H groups in total. The van der Waals surface area contributed by atoms with Gasteiger partial charge in [-0.2, -0.15) is 0 Å². The number of ether oxygens (including phenoxy) is 1. The first-order chi connectivity index (χ1) is 6.04. The summed E-state index contributed by atoms with van der Waals surface area (Å²) < 4.78 is 4.63. The molecule has 0 heterocycles. The number of Topliss-reactive ketones (excluding diaryl/α,β-unsaturated/α-hetero) is 2. The highest BCUT2D eigenvalue weighted by molar-refractivity contribution is 5.76. The number of rotatable bonds is 5. The van der Waals surface area contributed by atoms with Crippen LogP contribution in [0.25, 0.3) is 0 Å². The number of hydrogen-bond donors (Lipinski definition) is 1. The molecule has 0 bridgehead atoms. The summed E-state index contributed by atoms with van der Waals surface area (Å²) in [6.45, 7) is 3.54. The molecule has 81 valence electrons. The molecule has 3 radical (unpaired) electrons. The van der Waals surface area contributed by atoms with E-state index in [0.717, 1.165) is 0 Å². The molecule has 0 aliphatic heterocycles. The fourth-order valence-corrected chi connectivity index (χ4v) is 0.403. The molecule has 0 aliphatic carbocycles. The molecule has 0 aromatic rings. The number of aliphatic hydroxyl groups is 1. The highest BCUT2D eigenvalue weighted by Gasteiger charge is 1.87. The van der Waals surface area contributed by atoms with Crippen molar-refractivity contribution in [3.63, 3.8) is 0 Å². The predicted molar refractivity (Wildman–Crippen MR) is 55.3 cm³/mol. The van der Waals surface area contributed by atoms with Crippen molar-refractivity contribution in [2.45, 2.75) is 26.7 Å². The molecule has 0 saturated carbocycles. The van der Waals surface area contributed by atoms with Crippen molar-refractivity contribution in [2.24, 2.45) is 0 Å². The third kappa shape index (κ3) is 30.2. The number of carbonyl (C=O) groups is 2. The van der Waals surface area contributed by atoms with Crippen LogP contribution in [0.1, 0.15) is 26.7 Å². The van der Waals surface area contributed by atoms with Gasteiger partial charge in [0.25, 0.3) is 0 Å². The van der Waals surface area contributed by atoms with Crippen LogP contribution in [0.5, 0.6) is 0 Å². The van der Waals surface area contributed by atoms with E-state index < -0.39 is 0 Å². The Morgan fingerprint density at radius 2 is 1.57 bits per heavy atom. The average Bonchev–Trinajstić information content (AvgIpc) is 2.01. The van der Waals surface area contributed by atoms with Gasteiger partial charge >= 0.3 is 0 Å². The van der Waals surface area contributed by atoms with E-state index in [-0.39, 0.29) is 26.6 Å². The topological polar surface area (TPSA) is 63.6 Å². The molecule has 0 rings (SSSR count). The molecule has 0 fully saturated rings. The number of carbonyl (C=O) groups excluding carboxylic acids is 2. The molecular weight excluding hydrogens is 183 g/mol. The van der Waals surface area contributed by atoms with Crippen LogP contribution >= 0.6 is 0 Å². The van der Waals surface area contributed by atoms with Gasteiger partial charge in [-0.15, -0.1) is 0 Å². The third-order valence-corrected chi connectivity index (χ3v) is 1.12. The standard InChI is InChI=1S/C5H10O2.C4H8O2.B/c1-5(6)3-4-7-2;1-4(6)2-3-5;/h3-4H2,1-2H3;5H,2-3H2,1H3;. The summed E-state index contributed by atoms with van der Waals surface area (Å²) >= 11 is 0. The van der Waals surface area contributed by atoms with Crippen LogP contribution in [0, 0.1) is 0 Å². The van der Waals surface area contributed by atoms with E-state index in [2.05, 4.69) is 4.74 Å². The molecular formula is C9H18BO4. The Labute approximate surface area is 87.2 Å². The van der Waals surface area contributed by atoms with Crippen LogP contribution in [0.15, 0.2) is 0 Å². The quantitative estimate of drug-likeness (QED) is 0.645. The van der Waals surface area contributed by atoms with Crippen LogP contribution in [-0.4, -0.2) is 45.4 Å². The monoisotopic (exact) mass is 201 g/mol. The summed E-state index contributed by atoms with van der Waals surface area (Å²) in [4.78, 5) is 20.0. The number of aliphatic hydroxyl groups excluding tert-OH is 1. The average molecular weight is 201 g/mol. The molecule has 0 spiro atoms. The van der Waals surface area contributed by atoms with E-state index in [9.17, 15) is 9.59 Å². The van der Waals surface area contributed by atoms with Crippen molar-refractivity contribution in [3.05, 3.63) is 0 Å². The Hall–Kier alpha value is -0.675. The summed E-state index contributed by atoms with van der Waals surface area (Å²) in [5.74, 6) is 0.222. The lowest BCUT2D eigenvalue weighted by atomic mass is 10.3. The van der Waals surface area contributed by atoms with Crippen LogP contribution in [0.4, 0.5) is 0 Å². The zero-order chi connectivity index (χ0) is 10.7. The van der Waals surface area contributed by atoms with Crippen molar-refractivity contribution >= 4 is 20.0 Å². The Morgan fingerprint density at radius 1 is 1.14 bits per heavy atom. The largest absolute Gasteiger partial charge is 0.396 e. The molecule has 4 nitrogen and oxygen atoms in total. The van der Waals surface area contributed by atoms with Gasteiger partial charge in [0.2, 0.25) is 0 Å². The predicted octanol–water partition coefficient (Wildman–Crippen LogP) is 0.189. The fourth-order valence-electron chi connectivity index (χ4n) is 0.403. The lowest BCUT2D eigenvalue weighted by molar-refractivity contribution is -0.118. The summed E-state index contributed by atoms with van der Waals surface area (Å²) in [5, 5.41) is 8.02. The van der Waals surface area contributed by atoms with Crippen LogP contribution < -0.4 is 0 Å². The van der Waals surface area contributed by atoms with Crippen molar-refractivity contribution in [3.8, 4) is 0 Å². The second-order valence-electron chi connectivity index (χ2n) is 2.62. The van der Waals surface area contributed by atoms with Gasteiger partial charge in [-0.25, -0.2) is 0 Å². The van der Waals surface area contributed by atoms with Gasteiger partial charge in [-0.3, -0.25) is 9.59 Å². The van der Waals surface area contributed by atoms with Crippen molar-refractivity contribution in [2.75, 3.05) is 20.3 Å². The maximum atomic E-state index is 10.1. The van der Waals surface area contributed by atoms with E-state index in [4.69, 9.17) is 5.11 Å². The van der Waals surface area contributed by atoms with E-state index in [0.29, 0.717) is 19.4 Å². The number of ketones is 2. The molecule has 0 aromatic carbocycles. The minimum Gasteiger partial charge on any atom is -0.396 e. The number of methoxy groups -OCH3 is 1. The van der Waals surface area contributed by atoms with E-state index in [1.807, 2.05) is 0 Å². The zero-order valence-electron chi connectivity index (χ0n) is 9.08. The maximum absolute atomic E-state index is 10.1. The van der Waals surface area contributed by atoms with E-state index in [1.165, 1.54) is 6.92 Å². The van der Waals surface area contributed by atoms with Gasteiger partial charge in [0.15, 0.2) is 0 Å². The molecule has 0 aromatic heterocycles. The van der Waals surface area contributed by atoms with Crippen LogP contribution in [0.2, 0.25) is 0 Å². The minimum absolute atomic E-state index is 0. The Morgan fingerprint density at radius 3 is 1.64 bits per heavy atom. The van der Waals surface area contributed by atoms with Crippen molar-refractivity contribution < 1.29 is 19.4 Å². The smallest absolute Gasteiger partial charge is 0.132 e. The van der Waals surface area contributed by atoms with Gasteiger partial charge in [-0.05, 0) is 13.8 Å². The second-order valence-corrected chi connectivity index (χ2v) is 2.62. The highest BCUT2D eigenvalue weighted by Crippen LogP contribution is 1.79. The van der Waals surface area contributed by atoms with Gasteiger partial charge in [0.1, 0.15) is 11.6 Å². The van der Waals surface area contributed by atoms with E-state index >= 15 is 0 Å². The third-order valence-electron chi connectivity index (χ3n) is 1.12. The Kier molecular flexibility index (Phi) is 20.1. The summed E-state index contributed by atoms with van der Waals surface area (Å²) in [7, 11) is 1.59. The van der Waals surface area contributed by atoms with Crippen LogP contribution in [0.3, 0.4) is 0 Å². The van der Waals surface area contributed by atoms with Gasteiger partial charge < -0.3 is 9.84 Å². The first-order valence-electron chi connectivity index (χ1n) is 4.13. The molecule has 0 amide bonds. The van der Waals surface area contributed by atoms with Gasteiger partial charge in [0.05, 0.1) is 6.61 Å². The first kappa shape index (κ1) is 19.0. The van der Waals surface area contributed by atoms with Crippen molar-refractivity contribution in [1.29, 1.82) is 0 Å². The Balaban J connectivity index is -0.000000163. The SMILES string of the molecule is CC(=O)CCO.COCCC(C)=O.[B]. The fraction of sp³-hybridized carbons (Fsp3) is 0.778. The molecule has 0 unspecified atom stereocenters. The maximum Gasteiger partial charge on any atom is 0.132 e. The molecule has 5 heteroatoms. The minimum atomic E-state index is -0.0185. The highest BCUT2D eigenvalue weighted by atomic mass is 16.5. The normalized spacial score (nSPS) is 8.00. The summed E-state index contributed by atoms with van der Waals surface area (Å²) in [5.41, 5.74) is 0. The van der Waals surface area contributed by atoms with Crippen LogP contribution in [-0.2, 0) is 14.3 Å². The molecule has 0 saturated heterocycles. The molecule has 0 atom stereocenters. The lowest BCUT2D eigenvalue weighted by Gasteiger charge is -1.89. The summed E-state index contributed by atoms with van der Waals surface area (Å²) in [6, 6.07) is 0. The van der Waals surface area contributed by atoms with Crippen molar-refractivity contribution in [1.82, 2.24) is 0 Å². The Bertz CT molecular complexity index is 148. The first-order valence-corrected chi connectivity index (χ1v) is 4.13. The molecule has 0 aliphatic rings. The van der Waals surface area contributed by atoms with Gasteiger partial charge in [0, 0.05) is 35.0 Å². The number of hydrogen-bond acceptors (Lipinski definition) is 4. The van der Waals surface area contributed by atoms with Gasteiger partial charge in [-0.1, -0.05) is 0 Å². The van der Waals surface area contributed by atoms with E-state index in [1.54, 1.807) is 14.0 Å². The summed E-state index contributed by atoms with van der Waals surface area (Å²) in [6.07, 6.45) is 0.830. The zero-order valence-corrected chi connectivity index (χ0v) is 9.08. The second kappa shape index (κ2) is 14.8.